The number of alkyl halides is 1. The van der Waals surface area contributed by atoms with Crippen molar-refractivity contribution in [1.82, 2.24) is 14.7 Å². The number of hydrogen-bond acceptors (Lipinski definition) is 8. The van der Waals surface area contributed by atoms with Crippen molar-refractivity contribution >= 4 is 46.1 Å². The summed E-state index contributed by atoms with van der Waals surface area (Å²) in [5.74, 6) is -3.58. The Bertz CT molecular complexity index is 1940. The summed E-state index contributed by atoms with van der Waals surface area (Å²) in [6.45, 7) is 4.51. The Kier molecular flexibility index (Phi) is 8.72. The highest BCUT2D eigenvalue weighted by molar-refractivity contribution is 6.36. The number of aliphatic imine (C=N–C) groups is 2. The number of ether oxygens (including phenoxy) is 1. The fourth-order valence-electron chi connectivity index (χ4n) is 8.12. The second kappa shape index (κ2) is 13.0. The number of halogens is 4. The number of carbonyl (C=O) groups excluding carboxylic acids is 1. The molecule has 5 aliphatic rings. The van der Waals surface area contributed by atoms with Gasteiger partial charge in [0.1, 0.15) is 36.2 Å². The monoisotopic (exact) mass is 687 g/mol. The molecule has 0 N–H and O–H groups in total. The summed E-state index contributed by atoms with van der Waals surface area (Å²) in [5, 5.41) is 22.0. The highest BCUT2D eigenvalue weighted by atomic mass is 35.5. The summed E-state index contributed by atoms with van der Waals surface area (Å²) >= 11 is 6.60. The number of amides is 1. The minimum absolute atomic E-state index is 0.0340. The van der Waals surface area contributed by atoms with E-state index in [0.717, 1.165) is 24.8 Å². The number of nitriles is 2. The van der Waals surface area contributed by atoms with Crippen LogP contribution < -0.4 is 0 Å². The van der Waals surface area contributed by atoms with Crippen molar-refractivity contribution in [2.75, 3.05) is 39.3 Å². The molecule has 5 atom stereocenters. The van der Waals surface area contributed by atoms with E-state index in [0.29, 0.717) is 34.6 Å². The average Bonchev–Trinajstić information content (AvgIpc) is 3.62. The van der Waals surface area contributed by atoms with E-state index in [1.54, 1.807) is 24.4 Å². The Hall–Kier alpha value is -4.65. The molecule has 0 radical (unpaired) electrons. The zero-order chi connectivity index (χ0) is 34.4. The summed E-state index contributed by atoms with van der Waals surface area (Å²) < 4.78 is 51.8. The van der Waals surface area contributed by atoms with Crippen LogP contribution in [0.4, 0.5) is 13.2 Å². The molecule has 3 fully saturated rings. The lowest BCUT2D eigenvalue weighted by Gasteiger charge is -2.45. The topological polar surface area (TPSA) is 108 Å². The molecule has 0 saturated carbocycles. The number of hydrogen-bond donors (Lipinski definition) is 0. The van der Waals surface area contributed by atoms with Gasteiger partial charge in [-0.05, 0) is 30.8 Å². The molecule has 0 bridgehead atoms. The van der Waals surface area contributed by atoms with Gasteiger partial charge in [0.25, 0.3) is 5.91 Å². The minimum Gasteiger partial charge on any atom is -0.475 e. The molecule has 5 aliphatic heterocycles. The van der Waals surface area contributed by atoms with Gasteiger partial charge in [0.05, 0.1) is 30.0 Å². The van der Waals surface area contributed by atoms with Gasteiger partial charge in [-0.2, -0.15) is 10.5 Å². The number of dihydropyridines is 1. The lowest BCUT2D eigenvalue weighted by atomic mass is 9.85. The van der Waals surface area contributed by atoms with E-state index < -0.39 is 47.3 Å². The SMILES string of the molecule is C=C(F)C(=O)N1CCN(C2=C(C#N)C(OC[C@@]34CCCN3C[C@H](F)C4)=NC3C(F)=C(c4cccc5cccc(Cl)c45)N=CC23)C[C@@H]1CC#N. The van der Waals surface area contributed by atoms with E-state index in [1.165, 1.54) is 4.90 Å². The number of carbonyl (C=O) groups is 1. The minimum atomic E-state index is -1.17. The highest BCUT2D eigenvalue weighted by Gasteiger charge is 2.50. The Morgan fingerprint density at radius 2 is 1.96 bits per heavy atom. The van der Waals surface area contributed by atoms with Crippen molar-refractivity contribution in [2.45, 2.75) is 49.5 Å². The van der Waals surface area contributed by atoms with Gasteiger partial charge in [0.15, 0.2) is 11.7 Å². The van der Waals surface area contributed by atoms with Crippen LogP contribution in [0, 0.1) is 28.6 Å². The smallest absolute Gasteiger partial charge is 0.282 e. The highest BCUT2D eigenvalue weighted by Crippen LogP contribution is 2.44. The molecule has 2 aromatic rings. The molecule has 2 aromatic carbocycles. The van der Waals surface area contributed by atoms with E-state index in [1.807, 2.05) is 23.1 Å². The van der Waals surface area contributed by atoms with Crippen LogP contribution in [0.25, 0.3) is 16.5 Å². The summed E-state index contributed by atoms with van der Waals surface area (Å²) in [6, 6.07) is 13.2. The van der Waals surface area contributed by atoms with Crippen LogP contribution in [0.2, 0.25) is 5.02 Å². The van der Waals surface area contributed by atoms with Gasteiger partial charge in [0, 0.05) is 60.5 Å². The molecular formula is C36H33ClF3N7O2. The van der Waals surface area contributed by atoms with E-state index in [2.05, 4.69) is 28.6 Å². The fourth-order valence-corrected chi connectivity index (χ4v) is 8.41. The first kappa shape index (κ1) is 32.9. The molecular weight excluding hydrogens is 655 g/mol. The van der Waals surface area contributed by atoms with Crippen molar-refractivity contribution in [2.24, 2.45) is 15.9 Å². The second-order valence-electron chi connectivity index (χ2n) is 13.1. The summed E-state index contributed by atoms with van der Waals surface area (Å²) in [4.78, 5) is 27.1. The van der Waals surface area contributed by atoms with Crippen LogP contribution in [-0.2, 0) is 9.53 Å². The Morgan fingerprint density at radius 3 is 2.71 bits per heavy atom. The first-order valence-electron chi connectivity index (χ1n) is 16.3. The average molecular weight is 688 g/mol. The Balaban J connectivity index is 1.30. The molecule has 13 heteroatoms. The van der Waals surface area contributed by atoms with E-state index in [4.69, 9.17) is 21.3 Å². The Morgan fingerprint density at radius 1 is 1.16 bits per heavy atom. The largest absolute Gasteiger partial charge is 0.475 e. The number of benzene rings is 2. The summed E-state index contributed by atoms with van der Waals surface area (Å²) in [5.41, 5.74) is 0.441. The van der Waals surface area contributed by atoms with Crippen LogP contribution in [0.15, 0.2) is 75.9 Å². The molecule has 3 saturated heterocycles. The Labute approximate surface area is 286 Å². The zero-order valence-corrected chi connectivity index (χ0v) is 27.3. The molecule has 0 aliphatic carbocycles. The van der Waals surface area contributed by atoms with Crippen molar-refractivity contribution in [1.29, 1.82) is 10.5 Å². The zero-order valence-electron chi connectivity index (χ0n) is 26.6. The molecule has 0 aromatic heterocycles. The summed E-state index contributed by atoms with van der Waals surface area (Å²) in [6.07, 6.45) is 2.37. The number of rotatable bonds is 6. The molecule has 5 heterocycles. The number of fused-ring (bicyclic) bond motifs is 3. The predicted molar refractivity (Wildman–Crippen MR) is 179 cm³/mol. The molecule has 9 nitrogen and oxygen atoms in total. The quantitative estimate of drug-likeness (QED) is 0.351. The van der Waals surface area contributed by atoms with Crippen LogP contribution in [0.3, 0.4) is 0 Å². The standard InChI is InChI=1S/C36H33ClF3N7O2/c1-21(38)35(48)47-14-13-45(19-24(47)9-11-41)33-26(16-42)34(49-20-36-10-4-12-46(36)18-23(39)15-36)44-32-27(33)17-43-31(30(32)40)25-7-2-5-22-6-3-8-28(37)29(22)25/h2-3,5-8,17,23-24,27,32H,1,4,9-10,12-15,18-20H2/t23-,24+,27?,32?,36+/m1/s1. The third kappa shape index (κ3) is 5.67. The van der Waals surface area contributed by atoms with Crippen LogP contribution in [0.1, 0.15) is 31.2 Å². The predicted octanol–water partition coefficient (Wildman–Crippen LogP) is 5.89. The van der Waals surface area contributed by atoms with E-state index in [9.17, 15) is 24.1 Å². The van der Waals surface area contributed by atoms with Crippen molar-refractivity contribution < 1.29 is 22.7 Å². The molecule has 7 rings (SSSR count). The summed E-state index contributed by atoms with van der Waals surface area (Å²) in [7, 11) is 0. The van der Waals surface area contributed by atoms with Gasteiger partial charge in [-0.15, -0.1) is 0 Å². The van der Waals surface area contributed by atoms with Crippen molar-refractivity contribution in [3.8, 4) is 12.1 Å². The molecule has 49 heavy (non-hydrogen) atoms. The van der Waals surface area contributed by atoms with Gasteiger partial charge in [-0.25, -0.2) is 18.2 Å². The van der Waals surface area contributed by atoms with Crippen LogP contribution in [-0.4, -0.2) is 95.8 Å². The van der Waals surface area contributed by atoms with Crippen molar-refractivity contribution in [3.63, 3.8) is 0 Å². The van der Waals surface area contributed by atoms with E-state index >= 15 is 4.39 Å². The maximum absolute atomic E-state index is 17.0. The van der Waals surface area contributed by atoms with Gasteiger partial charge < -0.3 is 14.5 Å². The van der Waals surface area contributed by atoms with Gasteiger partial charge >= 0.3 is 0 Å². The van der Waals surface area contributed by atoms with E-state index in [-0.39, 0.29) is 49.8 Å². The van der Waals surface area contributed by atoms with Gasteiger partial charge in [0.2, 0.25) is 5.90 Å². The van der Waals surface area contributed by atoms with Gasteiger partial charge in [-0.1, -0.05) is 48.5 Å². The van der Waals surface area contributed by atoms with Crippen LogP contribution in [0.5, 0.6) is 0 Å². The third-order valence-electron chi connectivity index (χ3n) is 10.3. The first-order valence-corrected chi connectivity index (χ1v) is 16.7. The third-order valence-corrected chi connectivity index (χ3v) is 10.6. The first-order chi connectivity index (χ1) is 23.7. The maximum atomic E-state index is 17.0. The lowest BCUT2D eigenvalue weighted by molar-refractivity contribution is -0.133. The lowest BCUT2D eigenvalue weighted by Crippen LogP contribution is -2.56. The molecule has 2 unspecified atom stereocenters. The van der Waals surface area contributed by atoms with Gasteiger partial charge in [-0.3, -0.25) is 14.7 Å². The molecule has 0 spiro atoms. The van der Waals surface area contributed by atoms with Crippen LogP contribution >= 0.6 is 11.6 Å². The molecule has 1 amide bonds. The normalized spacial score (nSPS) is 28.2. The molecule has 252 valence electrons. The number of nitrogens with zero attached hydrogens (tertiary/aromatic N) is 7. The second-order valence-corrected chi connectivity index (χ2v) is 13.5. The number of piperazine rings is 1. The maximum Gasteiger partial charge on any atom is 0.282 e. The van der Waals surface area contributed by atoms with Crippen molar-refractivity contribution in [3.05, 3.63) is 76.5 Å². The fraction of sp³-hybridized carbons (Fsp3) is 0.417.